The number of hydrogen-bond donors (Lipinski definition) is 2. The predicted molar refractivity (Wildman–Crippen MR) is 176 cm³/mol. The third-order valence-electron chi connectivity index (χ3n) is 7.56. The van der Waals surface area contributed by atoms with Gasteiger partial charge in [0.1, 0.15) is 16.8 Å². The molecular formula is C33H27F6N3O6S2. The summed E-state index contributed by atoms with van der Waals surface area (Å²) >= 11 is 6.26. The summed E-state index contributed by atoms with van der Waals surface area (Å²) in [7, 11) is 0. The molecule has 5 rings (SSSR count). The van der Waals surface area contributed by atoms with E-state index in [0.717, 1.165) is 11.8 Å². The zero-order valence-electron chi connectivity index (χ0n) is 25.8. The number of ether oxygens (including phenoxy) is 2. The van der Waals surface area contributed by atoms with E-state index >= 15 is 0 Å². The Kier molecular flexibility index (Phi) is 11.2. The lowest BCUT2D eigenvalue weighted by Crippen LogP contribution is -2.38. The maximum atomic E-state index is 13.7. The van der Waals surface area contributed by atoms with Gasteiger partial charge >= 0.3 is 18.3 Å². The highest BCUT2D eigenvalue weighted by Crippen LogP contribution is 2.42. The topological polar surface area (TPSA) is 108 Å². The van der Waals surface area contributed by atoms with Crippen molar-refractivity contribution < 1.29 is 55.3 Å². The third-order valence-corrected chi connectivity index (χ3v) is 8.94. The second-order valence-electron chi connectivity index (χ2n) is 11.1. The minimum Gasteiger partial charge on any atom is -0.478 e. The van der Waals surface area contributed by atoms with Crippen LogP contribution in [-0.2, 0) is 26.7 Å². The lowest BCUT2D eigenvalue weighted by Gasteiger charge is -2.27. The first-order valence-corrected chi connectivity index (χ1v) is 16.1. The Balaban J connectivity index is 1.39. The fraction of sp³-hybridized carbons (Fsp3) is 0.273. The monoisotopic (exact) mass is 739 g/mol. The summed E-state index contributed by atoms with van der Waals surface area (Å²) in [6.45, 7) is 1.80. The van der Waals surface area contributed by atoms with E-state index in [0.29, 0.717) is 44.1 Å². The summed E-state index contributed by atoms with van der Waals surface area (Å²) in [5.41, 5.74) is -2.78. The number of halogens is 6. The highest BCUT2D eigenvalue weighted by molar-refractivity contribution is 8.26. The van der Waals surface area contributed by atoms with Gasteiger partial charge in [-0.1, -0.05) is 30.0 Å². The average Bonchev–Trinajstić information content (AvgIpc) is 3.33. The summed E-state index contributed by atoms with van der Waals surface area (Å²) in [5, 5.41) is 11.6. The molecule has 0 spiro atoms. The second kappa shape index (κ2) is 15.2. The number of hydrogen-bond acceptors (Lipinski definition) is 8. The molecule has 2 aliphatic rings. The number of thioether (sulfide) groups is 1. The highest BCUT2D eigenvalue weighted by Gasteiger charge is 2.37. The SMILES string of the molecule is O=C(CCN1C(=O)C(=Cc2ccc(OCN3CCOCC3)c(-c3cc(C(F)(F)F)cc(C(F)(F)F)c3)c2)SC1=S)Nc1ccc(C(=O)O)cc1. The van der Waals surface area contributed by atoms with Crippen LogP contribution in [0.2, 0.25) is 0 Å². The van der Waals surface area contributed by atoms with E-state index in [4.69, 9.17) is 26.8 Å². The maximum Gasteiger partial charge on any atom is 0.416 e. The van der Waals surface area contributed by atoms with Crippen LogP contribution in [0.15, 0.2) is 65.6 Å². The molecule has 2 amide bonds. The van der Waals surface area contributed by atoms with Gasteiger partial charge in [-0.2, -0.15) is 26.3 Å². The second-order valence-corrected chi connectivity index (χ2v) is 12.7. The number of alkyl halides is 6. The van der Waals surface area contributed by atoms with Gasteiger partial charge < -0.3 is 19.9 Å². The first-order chi connectivity index (χ1) is 23.6. The number of aromatic carboxylic acids is 1. The Morgan fingerprint density at radius 1 is 0.960 bits per heavy atom. The van der Waals surface area contributed by atoms with Gasteiger partial charge in [0.2, 0.25) is 5.91 Å². The molecule has 17 heteroatoms. The van der Waals surface area contributed by atoms with Crippen molar-refractivity contribution in [2.24, 2.45) is 0 Å². The van der Waals surface area contributed by atoms with Crippen LogP contribution in [-0.4, -0.2) is 76.6 Å². The predicted octanol–water partition coefficient (Wildman–Crippen LogP) is 6.99. The molecule has 0 unspecified atom stereocenters. The van der Waals surface area contributed by atoms with Crippen molar-refractivity contribution in [3.05, 3.63) is 87.8 Å². The molecule has 0 radical (unpaired) electrons. The van der Waals surface area contributed by atoms with Gasteiger partial charge in [0, 0.05) is 37.3 Å². The van der Waals surface area contributed by atoms with Crippen molar-refractivity contribution >= 4 is 57.8 Å². The molecule has 2 saturated heterocycles. The van der Waals surface area contributed by atoms with E-state index in [1.54, 1.807) is 0 Å². The Bertz CT molecular complexity index is 1790. The molecule has 2 fully saturated rings. The zero-order chi connectivity index (χ0) is 36.2. The molecule has 50 heavy (non-hydrogen) atoms. The minimum atomic E-state index is -5.07. The number of amides is 2. The van der Waals surface area contributed by atoms with Crippen LogP contribution in [0.5, 0.6) is 5.75 Å². The van der Waals surface area contributed by atoms with Crippen molar-refractivity contribution in [3.8, 4) is 16.9 Å². The van der Waals surface area contributed by atoms with Crippen LogP contribution < -0.4 is 10.1 Å². The zero-order valence-corrected chi connectivity index (χ0v) is 27.4. The molecule has 9 nitrogen and oxygen atoms in total. The number of thiocarbonyl (C=S) groups is 1. The number of carboxylic acids is 1. The summed E-state index contributed by atoms with van der Waals surface area (Å²) in [5.74, 6) is -2.12. The fourth-order valence-electron chi connectivity index (χ4n) is 4.97. The van der Waals surface area contributed by atoms with Crippen LogP contribution in [0, 0.1) is 0 Å². The molecule has 0 saturated carbocycles. The lowest BCUT2D eigenvalue weighted by molar-refractivity contribution is -0.143. The van der Waals surface area contributed by atoms with E-state index in [1.165, 1.54) is 53.4 Å². The molecule has 2 heterocycles. The number of carbonyl (C=O) groups is 3. The van der Waals surface area contributed by atoms with Gasteiger partial charge in [-0.15, -0.1) is 0 Å². The Hall–Kier alpha value is -4.45. The van der Waals surface area contributed by atoms with Crippen LogP contribution in [0.1, 0.15) is 33.5 Å². The normalized spacial score (nSPS) is 16.6. The van der Waals surface area contributed by atoms with Crippen molar-refractivity contribution in [1.29, 1.82) is 0 Å². The van der Waals surface area contributed by atoms with E-state index in [9.17, 15) is 40.7 Å². The smallest absolute Gasteiger partial charge is 0.416 e. The molecule has 0 aliphatic carbocycles. The van der Waals surface area contributed by atoms with Gasteiger partial charge in [-0.05, 0) is 71.8 Å². The molecule has 264 valence electrons. The van der Waals surface area contributed by atoms with E-state index in [-0.39, 0.29) is 57.4 Å². The van der Waals surface area contributed by atoms with Gasteiger partial charge in [0.05, 0.1) is 34.8 Å². The summed E-state index contributed by atoms with van der Waals surface area (Å²) in [4.78, 5) is 40.0. The molecule has 3 aromatic rings. The maximum absolute atomic E-state index is 13.7. The first-order valence-electron chi connectivity index (χ1n) is 14.8. The fourth-order valence-corrected chi connectivity index (χ4v) is 6.28. The van der Waals surface area contributed by atoms with Crippen LogP contribution >= 0.6 is 24.0 Å². The number of nitrogens with one attached hydrogen (secondary N) is 1. The highest BCUT2D eigenvalue weighted by atomic mass is 32.2. The minimum absolute atomic E-state index is 0.000670. The van der Waals surface area contributed by atoms with E-state index < -0.39 is 46.8 Å². The number of anilines is 1. The number of nitrogens with zero attached hydrogens (tertiary/aromatic N) is 2. The number of carboxylic acid groups (broad SMARTS) is 1. The van der Waals surface area contributed by atoms with Gasteiger partial charge in [0.25, 0.3) is 5.91 Å². The van der Waals surface area contributed by atoms with Crippen LogP contribution in [0.25, 0.3) is 17.2 Å². The largest absolute Gasteiger partial charge is 0.478 e. The number of benzene rings is 3. The molecular weight excluding hydrogens is 712 g/mol. The quantitative estimate of drug-likeness (QED) is 0.129. The Morgan fingerprint density at radius 3 is 2.20 bits per heavy atom. The summed E-state index contributed by atoms with van der Waals surface area (Å²) in [6.07, 6.45) is -8.90. The van der Waals surface area contributed by atoms with E-state index in [1.807, 2.05) is 4.90 Å². The molecule has 3 aromatic carbocycles. The molecule has 0 atom stereocenters. The third kappa shape index (κ3) is 9.21. The molecule has 2 N–H and O–H groups in total. The van der Waals surface area contributed by atoms with Crippen molar-refractivity contribution in [1.82, 2.24) is 9.80 Å². The molecule has 0 aromatic heterocycles. The van der Waals surface area contributed by atoms with E-state index in [2.05, 4.69) is 5.32 Å². The number of morpholine rings is 1. The van der Waals surface area contributed by atoms with Crippen molar-refractivity contribution in [3.63, 3.8) is 0 Å². The lowest BCUT2D eigenvalue weighted by atomic mass is 9.96. The number of carbonyl (C=O) groups excluding carboxylic acids is 2. The van der Waals surface area contributed by atoms with Crippen molar-refractivity contribution in [2.75, 3.05) is 44.9 Å². The van der Waals surface area contributed by atoms with Crippen LogP contribution in [0.3, 0.4) is 0 Å². The summed E-state index contributed by atoms with van der Waals surface area (Å²) in [6, 6.07) is 11.0. The van der Waals surface area contributed by atoms with Crippen LogP contribution in [0.4, 0.5) is 32.0 Å². The summed E-state index contributed by atoms with van der Waals surface area (Å²) < 4.78 is 93.8. The Labute approximate surface area is 290 Å². The van der Waals surface area contributed by atoms with Gasteiger partial charge in [-0.25, -0.2) is 4.79 Å². The average molecular weight is 740 g/mol. The van der Waals surface area contributed by atoms with Gasteiger partial charge in [0.15, 0.2) is 0 Å². The Morgan fingerprint density at radius 2 is 1.60 bits per heavy atom. The standard InChI is InChI=1S/C33H27F6N3O6S2/c34-32(35,36)22-15-21(16-23(17-22)33(37,38)39)25-13-19(1-6-26(25)48-18-41-9-11-47-12-10-41)14-27-29(44)42(31(49)50-27)8-7-28(43)40-24-4-2-20(3-5-24)30(45)46/h1-6,13-17H,7-12,18H2,(H,40,43)(H,45,46). The molecule has 0 bridgehead atoms. The van der Waals surface area contributed by atoms with Gasteiger partial charge in [-0.3, -0.25) is 19.4 Å². The number of rotatable bonds is 10. The molecule has 2 aliphatic heterocycles. The van der Waals surface area contributed by atoms with Crippen molar-refractivity contribution in [2.45, 2.75) is 18.8 Å². The first kappa shape index (κ1) is 36.8.